The highest BCUT2D eigenvalue weighted by molar-refractivity contribution is 5.99. The molecule has 6 heteroatoms. The Morgan fingerprint density at radius 2 is 2.14 bits per heavy atom. The number of carboxylic acids is 1. The van der Waals surface area contributed by atoms with Crippen molar-refractivity contribution in [1.82, 2.24) is 9.88 Å². The summed E-state index contributed by atoms with van der Waals surface area (Å²) in [6.07, 6.45) is 2.52. The second-order valence-electron chi connectivity index (χ2n) is 5.06. The Morgan fingerprint density at radius 1 is 1.33 bits per heavy atom. The number of rotatable bonds is 2. The molecule has 0 unspecified atom stereocenters. The number of amides is 1. The third kappa shape index (κ3) is 2.44. The van der Waals surface area contributed by atoms with E-state index >= 15 is 0 Å². The van der Waals surface area contributed by atoms with Gasteiger partial charge in [-0.25, -0.2) is 9.18 Å². The van der Waals surface area contributed by atoms with Crippen LogP contribution in [0.1, 0.15) is 23.2 Å². The lowest BCUT2D eigenvalue weighted by Crippen LogP contribution is -2.40. The summed E-state index contributed by atoms with van der Waals surface area (Å²) in [5.41, 5.74) is 0.866. The Bertz CT molecular complexity index is 732. The van der Waals surface area contributed by atoms with E-state index in [0.29, 0.717) is 30.3 Å². The molecule has 1 atom stereocenters. The lowest BCUT2D eigenvalue weighted by molar-refractivity contribution is -0.141. The number of nitrogens with zero attached hydrogens (tertiary/aromatic N) is 2. The zero-order valence-electron chi connectivity index (χ0n) is 11.1. The number of carbonyl (C=O) groups is 2. The van der Waals surface area contributed by atoms with Crippen LogP contribution >= 0.6 is 0 Å². The average molecular weight is 288 g/mol. The molecule has 1 fully saturated rings. The summed E-state index contributed by atoms with van der Waals surface area (Å²) in [4.78, 5) is 29.0. The van der Waals surface area contributed by atoms with E-state index in [1.807, 2.05) is 0 Å². The van der Waals surface area contributed by atoms with Gasteiger partial charge in [-0.1, -0.05) is 0 Å². The summed E-state index contributed by atoms with van der Waals surface area (Å²) in [6.45, 7) is 0.414. The minimum absolute atomic E-state index is 0.279. The Balaban J connectivity index is 1.96. The van der Waals surface area contributed by atoms with Crippen molar-refractivity contribution in [3.63, 3.8) is 0 Å². The molecule has 108 valence electrons. The molecule has 0 aliphatic carbocycles. The summed E-state index contributed by atoms with van der Waals surface area (Å²) in [5.74, 6) is -1.78. The van der Waals surface area contributed by atoms with Crippen LogP contribution in [0.3, 0.4) is 0 Å². The van der Waals surface area contributed by atoms with Crippen LogP contribution in [0.15, 0.2) is 30.5 Å². The lowest BCUT2D eigenvalue weighted by atomic mass is 10.1. The fraction of sp³-hybridized carbons (Fsp3) is 0.267. The topological polar surface area (TPSA) is 70.5 Å². The maximum atomic E-state index is 13.2. The van der Waals surface area contributed by atoms with Gasteiger partial charge in [-0.3, -0.25) is 9.78 Å². The van der Waals surface area contributed by atoms with Crippen molar-refractivity contribution < 1.29 is 19.1 Å². The third-order valence-corrected chi connectivity index (χ3v) is 3.69. The van der Waals surface area contributed by atoms with E-state index in [2.05, 4.69) is 4.98 Å². The summed E-state index contributed by atoms with van der Waals surface area (Å²) in [6, 6.07) is 4.90. The smallest absolute Gasteiger partial charge is 0.326 e. The van der Waals surface area contributed by atoms with E-state index in [0.717, 1.165) is 0 Å². The zero-order valence-corrected chi connectivity index (χ0v) is 11.1. The number of halogens is 1. The van der Waals surface area contributed by atoms with E-state index in [1.165, 1.54) is 29.3 Å². The number of pyridine rings is 1. The van der Waals surface area contributed by atoms with Gasteiger partial charge in [0.05, 0.1) is 11.1 Å². The van der Waals surface area contributed by atoms with Gasteiger partial charge >= 0.3 is 5.97 Å². The molecule has 3 rings (SSSR count). The van der Waals surface area contributed by atoms with Crippen molar-refractivity contribution in [2.24, 2.45) is 0 Å². The van der Waals surface area contributed by atoms with E-state index < -0.39 is 17.8 Å². The van der Waals surface area contributed by atoms with E-state index in [9.17, 15) is 14.0 Å². The predicted octanol–water partition coefficient (Wildman–Crippen LogP) is 2.06. The highest BCUT2D eigenvalue weighted by Gasteiger charge is 2.34. The predicted molar refractivity (Wildman–Crippen MR) is 73.4 cm³/mol. The Labute approximate surface area is 120 Å². The van der Waals surface area contributed by atoms with E-state index in [-0.39, 0.29) is 11.5 Å². The first-order valence-corrected chi connectivity index (χ1v) is 6.65. The molecule has 1 amide bonds. The van der Waals surface area contributed by atoms with Crippen LogP contribution in [-0.2, 0) is 4.79 Å². The Kier molecular flexibility index (Phi) is 3.29. The first-order chi connectivity index (χ1) is 10.1. The number of benzene rings is 1. The average Bonchev–Trinajstić information content (AvgIpc) is 2.95. The van der Waals surface area contributed by atoms with Gasteiger partial charge < -0.3 is 10.0 Å². The molecule has 1 aliphatic rings. The molecule has 0 radical (unpaired) electrons. The highest BCUT2D eigenvalue weighted by atomic mass is 19.1. The number of fused-ring (bicyclic) bond motifs is 1. The van der Waals surface area contributed by atoms with Crippen molar-refractivity contribution >= 4 is 22.8 Å². The van der Waals surface area contributed by atoms with Crippen LogP contribution < -0.4 is 0 Å². The Hall–Kier alpha value is -2.50. The molecule has 1 aliphatic heterocycles. The quantitative estimate of drug-likeness (QED) is 0.918. The molecular formula is C15H13FN2O3. The van der Waals surface area contributed by atoms with Crippen LogP contribution in [0.25, 0.3) is 10.9 Å². The minimum Gasteiger partial charge on any atom is -0.480 e. The van der Waals surface area contributed by atoms with Gasteiger partial charge in [0, 0.05) is 18.1 Å². The monoisotopic (exact) mass is 288 g/mol. The van der Waals surface area contributed by atoms with Crippen LogP contribution in [0.4, 0.5) is 4.39 Å². The van der Waals surface area contributed by atoms with Crippen LogP contribution in [0, 0.1) is 5.82 Å². The molecule has 0 bridgehead atoms. The van der Waals surface area contributed by atoms with Crippen LogP contribution in [0.2, 0.25) is 0 Å². The van der Waals surface area contributed by atoms with Crippen molar-refractivity contribution in [2.75, 3.05) is 6.54 Å². The number of hydrogen-bond acceptors (Lipinski definition) is 3. The summed E-state index contributed by atoms with van der Waals surface area (Å²) >= 11 is 0. The standard InChI is InChI=1S/C15H13FN2O3/c16-11-3-4-12-9(7-11)6-10(8-17-12)14(19)18-5-1-2-13(18)15(20)21/h3-4,6-8,13H,1-2,5H2,(H,20,21)/t13-/m0/s1. The van der Waals surface area contributed by atoms with Gasteiger partial charge in [0.1, 0.15) is 11.9 Å². The molecule has 2 aromatic rings. The van der Waals surface area contributed by atoms with Gasteiger partial charge in [-0.05, 0) is 37.1 Å². The molecule has 1 N–H and O–H groups in total. The zero-order chi connectivity index (χ0) is 15.0. The van der Waals surface area contributed by atoms with E-state index in [4.69, 9.17) is 5.11 Å². The molecule has 1 aromatic carbocycles. The molecular weight excluding hydrogens is 275 g/mol. The van der Waals surface area contributed by atoms with Gasteiger partial charge in [0.15, 0.2) is 0 Å². The second-order valence-corrected chi connectivity index (χ2v) is 5.06. The molecule has 21 heavy (non-hydrogen) atoms. The van der Waals surface area contributed by atoms with Gasteiger partial charge in [-0.15, -0.1) is 0 Å². The number of aliphatic carboxylic acids is 1. The van der Waals surface area contributed by atoms with Crippen molar-refractivity contribution in [2.45, 2.75) is 18.9 Å². The third-order valence-electron chi connectivity index (χ3n) is 3.69. The molecule has 1 aromatic heterocycles. The molecule has 0 spiro atoms. The van der Waals surface area contributed by atoms with Gasteiger partial charge in [-0.2, -0.15) is 0 Å². The van der Waals surface area contributed by atoms with Gasteiger partial charge in [0.2, 0.25) is 0 Å². The number of aromatic nitrogens is 1. The van der Waals surface area contributed by atoms with E-state index in [1.54, 1.807) is 6.07 Å². The summed E-state index contributed by atoms with van der Waals surface area (Å²) in [7, 11) is 0. The molecule has 0 saturated carbocycles. The van der Waals surface area contributed by atoms with Crippen LogP contribution in [0.5, 0.6) is 0 Å². The van der Waals surface area contributed by atoms with Gasteiger partial charge in [0.25, 0.3) is 5.91 Å². The first-order valence-electron chi connectivity index (χ1n) is 6.65. The number of carbonyl (C=O) groups excluding carboxylic acids is 1. The molecule has 1 saturated heterocycles. The lowest BCUT2D eigenvalue weighted by Gasteiger charge is -2.21. The van der Waals surface area contributed by atoms with Crippen LogP contribution in [-0.4, -0.2) is 39.5 Å². The Morgan fingerprint density at radius 3 is 2.90 bits per heavy atom. The van der Waals surface area contributed by atoms with Crippen molar-refractivity contribution in [1.29, 1.82) is 0 Å². The SMILES string of the molecule is O=C(O)[C@@H]1CCCN1C(=O)c1cnc2ccc(F)cc2c1. The fourth-order valence-electron chi connectivity index (χ4n) is 2.65. The summed E-state index contributed by atoms with van der Waals surface area (Å²) < 4.78 is 13.2. The number of likely N-dealkylation sites (tertiary alicyclic amines) is 1. The second kappa shape index (κ2) is 5.12. The minimum atomic E-state index is -0.999. The molecule has 5 nitrogen and oxygen atoms in total. The normalized spacial score (nSPS) is 18.1. The number of hydrogen-bond donors (Lipinski definition) is 1. The van der Waals surface area contributed by atoms with Crippen molar-refractivity contribution in [3.8, 4) is 0 Å². The largest absolute Gasteiger partial charge is 0.480 e. The fourth-order valence-corrected chi connectivity index (χ4v) is 2.65. The number of carboxylic acid groups (broad SMARTS) is 1. The highest BCUT2D eigenvalue weighted by Crippen LogP contribution is 2.22. The maximum absolute atomic E-state index is 13.2. The first kappa shape index (κ1) is 13.5. The maximum Gasteiger partial charge on any atom is 0.326 e. The molecule has 2 heterocycles. The van der Waals surface area contributed by atoms with Crippen molar-refractivity contribution in [3.05, 3.63) is 41.8 Å². The summed E-state index contributed by atoms with van der Waals surface area (Å²) in [5, 5.41) is 9.65.